The van der Waals surface area contributed by atoms with Gasteiger partial charge in [0.05, 0.1) is 19.3 Å². The van der Waals surface area contributed by atoms with Crippen LogP contribution in [0.5, 0.6) is 0 Å². The average molecular weight is 416 g/mol. The summed E-state index contributed by atoms with van der Waals surface area (Å²) in [5.41, 5.74) is 2.33. The molecule has 0 unspecified atom stereocenters. The number of rotatable bonds is 7. The van der Waals surface area contributed by atoms with Crippen molar-refractivity contribution in [2.45, 2.75) is 19.0 Å². The molecule has 0 bridgehead atoms. The first kappa shape index (κ1) is 19.5. The lowest BCUT2D eigenvalue weighted by Crippen LogP contribution is -2.40. The Balaban J connectivity index is 1.39. The van der Waals surface area contributed by atoms with Crippen molar-refractivity contribution in [3.63, 3.8) is 0 Å². The second kappa shape index (κ2) is 9.15. The third-order valence-corrected chi connectivity index (χ3v) is 5.41. The first-order chi connectivity index (χ1) is 15.4. The Morgan fingerprint density at radius 3 is 2.48 bits per heavy atom. The van der Waals surface area contributed by atoms with Crippen molar-refractivity contribution in [3.8, 4) is 0 Å². The topological polar surface area (TPSA) is 97.6 Å². The molecule has 0 saturated carbocycles. The van der Waals surface area contributed by atoms with E-state index in [0.29, 0.717) is 26.2 Å². The number of aromatic amines is 1. The van der Waals surface area contributed by atoms with Crippen LogP contribution < -0.4 is 0 Å². The van der Waals surface area contributed by atoms with Gasteiger partial charge in [0, 0.05) is 19.5 Å². The van der Waals surface area contributed by atoms with Gasteiger partial charge in [0.1, 0.15) is 12.4 Å². The van der Waals surface area contributed by atoms with Gasteiger partial charge >= 0.3 is 0 Å². The van der Waals surface area contributed by atoms with Gasteiger partial charge in [-0.05, 0) is 21.6 Å². The van der Waals surface area contributed by atoms with E-state index in [1.165, 1.54) is 5.56 Å². The summed E-state index contributed by atoms with van der Waals surface area (Å²) in [5.74, 6) is 2.27. The number of benzene rings is 2. The number of tetrazole rings is 1. The van der Waals surface area contributed by atoms with E-state index in [0.717, 1.165) is 36.1 Å². The molecule has 2 aromatic carbocycles. The monoisotopic (exact) mass is 416 g/mol. The van der Waals surface area contributed by atoms with Crippen molar-refractivity contribution in [1.82, 2.24) is 40.3 Å². The Labute approximate surface area is 180 Å². The number of hydrogen-bond acceptors (Lipinski definition) is 7. The second-order valence-corrected chi connectivity index (χ2v) is 7.52. The Morgan fingerprint density at radius 1 is 0.968 bits per heavy atom. The molecule has 1 fully saturated rings. The van der Waals surface area contributed by atoms with E-state index < -0.39 is 0 Å². The first-order valence-electron chi connectivity index (χ1n) is 10.4. The third-order valence-electron chi connectivity index (χ3n) is 5.41. The molecular formula is C22H24N8O. The summed E-state index contributed by atoms with van der Waals surface area (Å²) >= 11 is 0. The lowest BCUT2D eigenvalue weighted by molar-refractivity contribution is 0.0216. The highest BCUT2D eigenvalue weighted by atomic mass is 16.5. The van der Waals surface area contributed by atoms with Gasteiger partial charge in [-0.1, -0.05) is 60.7 Å². The van der Waals surface area contributed by atoms with E-state index in [9.17, 15) is 0 Å². The van der Waals surface area contributed by atoms with Crippen molar-refractivity contribution >= 4 is 0 Å². The van der Waals surface area contributed by atoms with Crippen LogP contribution in [-0.2, 0) is 17.7 Å². The van der Waals surface area contributed by atoms with Crippen LogP contribution in [0.2, 0.25) is 0 Å². The Hall–Kier alpha value is -3.43. The Kier molecular flexibility index (Phi) is 5.76. The first-order valence-corrected chi connectivity index (χ1v) is 10.4. The van der Waals surface area contributed by atoms with Gasteiger partial charge in [0.15, 0.2) is 11.6 Å². The number of H-pyrrole nitrogens is 1. The molecule has 9 heteroatoms. The molecule has 0 amide bonds. The lowest BCUT2D eigenvalue weighted by atomic mass is 10.0. The Morgan fingerprint density at radius 2 is 1.71 bits per heavy atom. The van der Waals surface area contributed by atoms with E-state index in [2.05, 4.69) is 59.9 Å². The predicted molar refractivity (Wildman–Crippen MR) is 113 cm³/mol. The van der Waals surface area contributed by atoms with E-state index in [-0.39, 0.29) is 6.04 Å². The van der Waals surface area contributed by atoms with Crippen LogP contribution in [-0.4, -0.2) is 66.6 Å². The fourth-order valence-electron chi connectivity index (χ4n) is 3.92. The summed E-state index contributed by atoms with van der Waals surface area (Å²) in [4.78, 5) is 7.01. The molecule has 0 aliphatic carbocycles. The van der Waals surface area contributed by atoms with E-state index in [1.54, 1.807) is 4.68 Å². The van der Waals surface area contributed by atoms with Crippen LogP contribution in [0.25, 0.3) is 0 Å². The average Bonchev–Trinajstić information content (AvgIpc) is 3.46. The summed E-state index contributed by atoms with van der Waals surface area (Å²) in [5, 5.41) is 20.0. The summed E-state index contributed by atoms with van der Waals surface area (Å²) < 4.78 is 7.36. The van der Waals surface area contributed by atoms with Gasteiger partial charge < -0.3 is 4.74 Å². The largest absolute Gasteiger partial charge is 0.379 e. The van der Waals surface area contributed by atoms with Crippen LogP contribution in [0, 0.1) is 0 Å². The zero-order chi connectivity index (χ0) is 20.9. The van der Waals surface area contributed by atoms with Crippen LogP contribution in [0.1, 0.15) is 34.6 Å². The molecule has 1 aliphatic heterocycles. The van der Waals surface area contributed by atoms with E-state index in [1.807, 2.05) is 36.4 Å². The molecule has 158 valence electrons. The van der Waals surface area contributed by atoms with Gasteiger partial charge in [-0.15, -0.1) is 5.10 Å². The standard InChI is InChI=1S/C22H24N8O/c1-3-7-17(8-4-1)15-19-23-20(25-24-19)16-30-22(26-27-28-30)21(18-9-5-2-6-10-18)29-11-13-31-14-12-29/h1-10,21H,11-16H2,(H,23,24,25)/t21-/m1/s1. The van der Waals surface area contributed by atoms with Gasteiger partial charge in [-0.2, -0.15) is 5.10 Å². The SMILES string of the molecule is c1ccc(Cc2n[nH]c(Cn3nnnc3[C@@H](c3ccccc3)N3CCOCC3)n2)cc1. The summed E-state index contributed by atoms with van der Waals surface area (Å²) in [6.07, 6.45) is 0.681. The highest BCUT2D eigenvalue weighted by Crippen LogP contribution is 2.27. The van der Waals surface area contributed by atoms with Crippen LogP contribution >= 0.6 is 0 Å². The second-order valence-electron chi connectivity index (χ2n) is 7.52. The number of nitrogens with one attached hydrogen (secondary N) is 1. The minimum absolute atomic E-state index is 0.0492. The van der Waals surface area contributed by atoms with Crippen LogP contribution in [0.3, 0.4) is 0 Å². The van der Waals surface area contributed by atoms with Gasteiger partial charge in [0.2, 0.25) is 0 Å². The predicted octanol–water partition coefficient (Wildman–Crippen LogP) is 1.85. The molecule has 1 atom stereocenters. The fraction of sp³-hybridized carbons (Fsp3) is 0.318. The molecule has 0 radical (unpaired) electrons. The molecule has 4 aromatic rings. The van der Waals surface area contributed by atoms with Gasteiger partial charge in [-0.25, -0.2) is 9.67 Å². The maximum absolute atomic E-state index is 5.56. The number of aromatic nitrogens is 7. The molecular weight excluding hydrogens is 392 g/mol. The summed E-state index contributed by atoms with van der Waals surface area (Å²) in [7, 11) is 0. The zero-order valence-electron chi connectivity index (χ0n) is 17.1. The van der Waals surface area contributed by atoms with Crippen LogP contribution in [0.4, 0.5) is 0 Å². The maximum Gasteiger partial charge on any atom is 0.173 e. The summed E-state index contributed by atoms with van der Waals surface area (Å²) in [6.45, 7) is 3.50. The smallest absolute Gasteiger partial charge is 0.173 e. The lowest BCUT2D eigenvalue weighted by Gasteiger charge is -2.33. The summed E-state index contributed by atoms with van der Waals surface area (Å²) in [6, 6.07) is 20.5. The fourth-order valence-corrected chi connectivity index (χ4v) is 3.92. The van der Waals surface area contributed by atoms with Crippen LogP contribution in [0.15, 0.2) is 60.7 Å². The molecule has 5 rings (SSSR count). The number of morpholine rings is 1. The molecule has 2 aromatic heterocycles. The number of ether oxygens (including phenoxy) is 1. The molecule has 0 spiro atoms. The minimum Gasteiger partial charge on any atom is -0.379 e. The number of hydrogen-bond donors (Lipinski definition) is 1. The molecule has 31 heavy (non-hydrogen) atoms. The molecule has 3 heterocycles. The molecule has 1 saturated heterocycles. The van der Waals surface area contributed by atoms with Crippen molar-refractivity contribution in [3.05, 3.63) is 89.3 Å². The normalized spacial score (nSPS) is 15.7. The van der Waals surface area contributed by atoms with Crippen molar-refractivity contribution in [2.24, 2.45) is 0 Å². The highest BCUT2D eigenvalue weighted by molar-refractivity contribution is 5.25. The van der Waals surface area contributed by atoms with Crippen molar-refractivity contribution in [2.75, 3.05) is 26.3 Å². The zero-order valence-corrected chi connectivity index (χ0v) is 17.1. The number of nitrogens with zero attached hydrogens (tertiary/aromatic N) is 7. The van der Waals surface area contributed by atoms with Gasteiger partial charge in [0.25, 0.3) is 0 Å². The molecule has 9 nitrogen and oxygen atoms in total. The van der Waals surface area contributed by atoms with E-state index >= 15 is 0 Å². The Bertz CT molecular complexity index is 1090. The third kappa shape index (κ3) is 4.52. The van der Waals surface area contributed by atoms with Gasteiger partial charge in [-0.3, -0.25) is 10.00 Å². The molecule has 1 aliphatic rings. The highest BCUT2D eigenvalue weighted by Gasteiger charge is 2.29. The maximum atomic E-state index is 5.56. The van der Waals surface area contributed by atoms with Crippen molar-refractivity contribution < 1.29 is 4.74 Å². The van der Waals surface area contributed by atoms with Crippen molar-refractivity contribution in [1.29, 1.82) is 0 Å². The quantitative estimate of drug-likeness (QED) is 0.491. The molecule has 1 N–H and O–H groups in total. The van der Waals surface area contributed by atoms with E-state index in [4.69, 9.17) is 4.74 Å². The minimum atomic E-state index is -0.0492.